The van der Waals surface area contributed by atoms with Crippen LogP contribution in [0.3, 0.4) is 0 Å². The first-order valence-electron chi connectivity index (χ1n) is 6.83. The molecule has 0 bridgehead atoms. The quantitative estimate of drug-likeness (QED) is 0.875. The van der Waals surface area contributed by atoms with E-state index in [1.807, 2.05) is 6.07 Å². The average Bonchev–Trinajstić information content (AvgIpc) is 3.18. The lowest BCUT2D eigenvalue weighted by atomic mass is 9.93. The van der Waals surface area contributed by atoms with Crippen molar-refractivity contribution in [2.24, 2.45) is 11.3 Å². The maximum Gasteiger partial charge on any atom is 0.215 e. The highest BCUT2D eigenvalue weighted by molar-refractivity contribution is 7.88. The molecule has 5 heteroatoms. The fourth-order valence-electron chi connectivity index (χ4n) is 2.32. The third kappa shape index (κ3) is 3.59. The normalized spacial score (nSPS) is 16.9. The van der Waals surface area contributed by atoms with Gasteiger partial charge in [-0.1, -0.05) is 26.0 Å². The number of sulfonamides is 1. The zero-order valence-corrected chi connectivity index (χ0v) is 12.7. The van der Waals surface area contributed by atoms with Gasteiger partial charge >= 0.3 is 0 Å². The third-order valence-electron chi connectivity index (χ3n) is 4.20. The first kappa shape index (κ1) is 15.0. The predicted octanol–water partition coefficient (Wildman–Crippen LogP) is 2.41. The molecule has 0 aliphatic heterocycles. The average molecular weight is 292 g/mol. The number of hydrogen-bond donors (Lipinski definition) is 1. The van der Waals surface area contributed by atoms with Gasteiger partial charge in [-0.2, -0.15) is 5.26 Å². The van der Waals surface area contributed by atoms with Crippen LogP contribution >= 0.6 is 0 Å². The van der Waals surface area contributed by atoms with E-state index in [4.69, 9.17) is 5.26 Å². The Morgan fingerprint density at radius 3 is 2.35 bits per heavy atom. The Hall–Kier alpha value is -1.38. The predicted molar refractivity (Wildman–Crippen MR) is 78.3 cm³/mol. The molecular weight excluding hydrogens is 272 g/mol. The summed E-state index contributed by atoms with van der Waals surface area (Å²) in [5.74, 6) is 0.465. The zero-order valence-electron chi connectivity index (χ0n) is 11.9. The largest absolute Gasteiger partial charge is 0.215 e. The summed E-state index contributed by atoms with van der Waals surface area (Å²) in [5, 5.41) is 8.71. The second-order valence-corrected chi connectivity index (χ2v) is 7.71. The van der Waals surface area contributed by atoms with Crippen molar-refractivity contribution >= 4 is 10.0 Å². The summed E-state index contributed by atoms with van der Waals surface area (Å²) >= 11 is 0. The standard InChI is InChI=1S/C15H20N2O2S/c1-12(2)15(7-8-15)11-17-20(18,19)10-14-5-3-13(9-16)4-6-14/h3-6,12,17H,7-8,10-11H2,1-2H3. The van der Waals surface area contributed by atoms with Gasteiger partial charge < -0.3 is 0 Å². The molecule has 1 fully saturated rings. The Morgan fingerprint density at radius 1 is 1.30 bits per heavy atom. The van der Waals surface area contributed by atoms with E-state index >= 15 is 0 Å². The number of benzene rings is 1. The third-order valence-corrected chi connectivity index (χ3v) is 5.50. The van der Waals surface area contributed by atoms with Crippen LogP contribution in [0.15, 0.2) is 24.3 Å². The lowest BCUT2D eigenvalue weighted by Gasteiger charge is -2.20. The van der Waals surface area contributed by atoms with Crippen molar-refractivity contribution < 1.29 is 8.42 Å². The molecule has 1 aromatic carbocycles. The number of nitrogens with zero attached hydrogens (tertiary/aromatic N) is 1. The Bertz CT molecular complexity index is 608. The molecule has 0 unspecified atom stereocenters. The number of nitrogens with one attached hydrogen (secondary N) is 1. The molecule has 1 aromatic rings. The van der Waals surface area contributed by atoms with Gasteiger partial charge in [-0.05, 0) is 41.9 Å². The van der Waals surface area contributed by atoms with Crippen molar-refractivity contribution in [2.75, 3.05) is 6.54 Å². The van der Waals surface area contributed by atoms with E-state index in [2.05, 4.69) is 18.6 Å². The minimum absolute atomic E-state index is 0.0348. The molecule has 0 aromatic heterocycles. The van der Waals surface area contributed by atoms with Crippen molar-refractivity contribution in [1.29, 1.82) is 5.26 Å². The molecule has 0 amide bonds. The van der Waals surface area contributed by atoms with Crippen LogP contribution in [0.2, 0.25) is 0 Å². The van der Waals surface area contributed by atoms with Gasteiger partial charge in [0.2, 0.25) is 10.0 Å². The molecule has 0 saturated heterocycles. The molecule has 1 aliphatic rings. The summed E-state index contributed by atoms with van der Waals surface area (Å²) in [7, 11) is -3.31. The molecule has 0 heterocycles. The summed E-state index contributed by atoms with van der Waals surface area (Å²) in [6.45, 7) is 4.81. The van der Waals surface area contributed by atoms with Crippen LogP contribution in [0.4, 0.5) is 0 Å². The van der Waals surface area contributed by atoms with E-state index in [0.717, 1.165) is 12.8 Å². The molecule has 2 rings (SSSR count). The Morgan fingerprint density at radius 2 is 1.90 bits per heavy atom. The van der Waals surface area contributed by atoms with E-state index < -0.39 is 10.0 Å². The van der Waals surface area contributed by atoms with Crippen molar-refractivity contribution in [1.82, 2.24) is 4.72 Å². The molecule has 1 N–H and O–H groups in total. The lowest BCUT2D eigenvalue weighted by Crippen LogP contribution is -2.33. The molecule has 1 aliphatic carbocycles. The van der Waals surface area contributed by atoms with Crippen molar-refractivity contribution in [3.8, 4) is 6.07 Å². The highest BCUT2D eigenvalue weighted by Gasteiger charge is 2.45. The van der Waals surface area contributed by atoms with Crippen molar-refractivity contribution in [3.05, 3.63) is 35.4 Å². The van der Waals surface area contributed by atoms with Crippen molar-refractivity contribution in [2.45, 2.75) is 32.4 Å². The van der Waals surface area contributed by atoms with Gasteiger partial charge in [-0.3, -0.25) is 0 Å². The van der Waals surface area contributed by atoms with Gasteiger partial charge in [0, 0.05) is 6.54 Å². The second kappa shape index (κ2) is 5.55. The van der Waals surface area contributed by atoms with E-state index in [9.17, 15) is 8.42 Å². The van der Waals surface area contributed by atoms with Gasteiger partial charge in [0.15, 0.2) is 0 Å². The van der Waals surface area contributed by atoms with Crippen LogP contribution in [-0.2, 0) is 15.8 Å². The van der Waals surface area contributed by atoms with Crippen LogP contribution in [0.25, 0.3) is 0 Å². The summed E-state index contributed by atoms with van der Waals surface area (Å²) in [4.78, 5) is 0. The smallest absolute Gasteiger partial charge is 0.214 e. The monoisotopic (exact) mass is 292 g/mol. The summed E-state index contributed by atoms with van der Waals surface area (Å²) in [6, 6.07) is 8.67. The number of nitriles is 1. The van der Waals surface area contributed by atoms with E-state index in [-0.39, 0.29) is 11.2 Å². The first-order chi connectivity index (χ1) is 9.37. The van der Waals surface area contributed by atoms with E-state index in [0.29, 0.717) is 23.6 Å². The summed E-state index contributed by atoms with van der Waals surface area (Å²) in [6.07, 6.45) is 2.20. The molecular formula is C15H20N2O2S. The van der Waals surface area contributed by atoms with Crippen LogP contribution in [0.5, 0.6) is 0 Å². The molecule has 1 saturated carbocycles. The lowest BCUT2D eigenvalue weighted by molar-refractivity contribution is 0.357. The summed E-state index contributed by atoms with van der Waals surface area (Å²) < 4.78 is 26.9. The SMILES string of the molecule is CC(C)C1(CNS(=O)(=O)Cc2ccc(C#N)cc2)CC1. The maximum atomic E-state index is 12.1. The molecule has 0 spiro atoms. The van der Waals surface area contributed by atoms with Gasteiger partial charge in [-0.15, -0.1) is 0 Å². The highest BCUT2D eigenvalue weighted by Crippen LogP contribution is 2.51. The molecule has 0 atom stereocenters. The maximum absolute atomic E-state index is 12.1. The fraction of sp³-hybridized carbons (Fsp3) is 0.533. The first-order valence-corrected chi connectivity index (χ1v) is 8.48. The topological polar surface area (TPSA) is 70.0 Å². The highest BCUT2D eigenvalue weighted by atomic mass is 32.2. The van der Waals surface area contributed by atoms with Gasteiger partial charge in [-0.25, -0.2) is 13.1 Å². The Labute approximate surface area is 120 Å². The minimum Gasteiger partial charge on any atom is -0.214 e. The molecule has 0 radical (unpaired) electrons. The van der Waals surface area contributed by atoms with Crippen molar-refractivity contribution in [3.63, 3.8) is 0 Å². The van der Waals surface area contributed by atoms with Crippen LogP contribution in [0.1, 0.15) is 37.8 Å². The zero-order chi connectivity index (χ0) is 14.8. The van der Waals surface area contributed by atoms with Gasteiger partial charge in [0.1, 0.15) is 0 Å². The minimum atomic E-state index is -3.31. The van der Waals surface area contributed by atoms with Crippen LogP contribution < -0.4 is 4.72 Å². The molecule has 108 valence electrons. The van der Waals surface area contributed by atoms with E-state index in [1.165, 1.54) is 0 Å². The fourth-order valence-corrected chi connectivity index (χ4v) is 3.56. The number of rotatable bonds is 6. The summed E-state index contributed by atoms with van der Waals surface area (Å²) in [5.41, 5.74) is 1.40. The number of hydrogen-bond acceptors (Lipinski definition) is 3. The molecule has 20 heavy (non-hydrogen) atoms. The Kier molecular flexibility index (Phi) is 4.17. The van der Waals surface area contributed by atoms with Crippen LogP contribution in [0, 0.1) is 22.7 Å². The van der Waals surface area contributed by atoms with E-state index in [1.54, 1.807) is 24.3 Å². The second-order valence-electron chi connectivity index (χ2n) is 5.91. The van der Waals surface area contributed by atoms with Gasteiger partial charge in [0.25, 0.3) is 0 Å². The van der Waals surface area contributed by atoms with Crippen LogP contribution in [-0.4, -0.2) is 15.0 Å². The van der Waals surface area contributed by atoms with Gasteiger partial charge in [0.05, 0.1) is 17.4 Å². The Balaban J connectivity index is 1.95. The molecule has 4 nitrogen and oxygen atoms in total.